The summed E-state index contributed by atoms with van der Waals surface area (Å²) >= 11 is 0. The molecule has 1 amide bonds. The van der Waals surface area contributed by atoms with Crippen LogP contribution in [0.1, 0.15) is 49.9 Å². The zero-order chi connectivity index (χ0) is 28.0. The molecule has 0 unspecified atom stereocenters. The Hall–Kier alpha value is -4.26. The smallest absolute Gasteiger partial charge is 0.407 e. The van der Waals surface area contributed by atoms with Crippen molar-refractivity contribution in [3.63, 3.8) is 0 Å². The molecule has 0 saturated heterocycles. The molecule has 39 heavy (non-hydrogen) atoms. The van der Waals surface area contributed by atoms with E-state index >= 15 is 0 Å². The molecule has 7 nitrogen and oxygen atoms in total. The van der Waals surface area contributed by atoms with Crippen molar-refractivity contribution < 1.29 is 28.2 Å². The van der Waals surface area contributed by atoms with E-state index in [0.29, 0.717) is 25.5 Å². The fourth-order valence-electron chi connectivity index (χ4n) is 4.25. The molecular formula is C32H35NO6. The summed E-state index contributed by atoms with van der Waals surface area (Å²) < 4.78 is 22.5. The fraction of sp³-hybridized carbons (Fsp3) is 0.312. The van der Waals surface area contributed by atoms with Crippen LogP contribution in [0, 0.1) is 6.92 Å². The maximum Gasteiger partial charge on any atom is 0.407 e. The second-order valence-electron chi connectivity index (χ2n) is 10.4. The zero-order valence-electron chi connectivity index (χ0n) is 23.1. The average molecular weight is 530 g/mol. The van der Waals surface area contributed by atoms with Gasteiger partial charge in [0, 0.05) is 23.1 Å². The Morgan fingerprint density at radius 3 is 2.56 bits per heavy atom. The van der Waals surface area contributed by atoms with Gasteiger partial charge in [-0.05, 0) is 87.2 Å². The molecule has 3 aromatic carbocycles. The highest BCUT2D eigenvalue weighted by atomic mass is 16.6. The van der Waals surface area contributed by atoms with Gasteiger partial charge in [0.1, 0.15) is 23.5 Å². The van der Waals surface area contributed by atoms with Crippen molar-refractivity contribution in [3.8, 4) is 16.9 Å². The molecule has 0 aliphatic rings. The summed E-state index contributed by atoms with van der Waals surface area (Å²) in [6.07, 6.45) is 1.36. The quantitative estimate of drug-likeness (QED) is 0.232. The molecule has 0 aliphatic carbocycles. The number of hydrogen-bond acceptors (Lipinski definition) is 6. The SMILES string of the molecule is CCOC(=O)Cc1ccc(C)cc1OCc1cc(-c2cccc(CNC(=O)OC(C)(C)C)c2)c2occc2c1. The van der Waals surface area contributed by atoms with E-state index < -0.39 is 11.7 Å². The predicted molar refractivity (Wildman–Crippen MR) is 151 cm³/mol. The van der Waals surface area contributed by atoms with Crippen molar-refractivity contribution in [2.24, 2.45) is 0 Å². The molecule has 1 N–H and O–H groups in total. The molecule has 7 heteroatoms. The van der Waals surface area contributed by atoms with Gasteiger partial charge >= 0.3 is 12.1 Å². The molecule has 0 fully saturated rings. The highest BCUT2D eigenvalue weighted by Crippen LogP contribution is 2.32. The van der Waals surface area contributed by atoms with E-state index in [1.165, 1.54) is 0 Å². The number of amides is 1. The van der Waals surface area contributed by atoms with Crippen LogP contribution in [0.3, 0.4) is 0 Å². The topological polar surface area (TPSA) is 87.0 Å². The maximum absolute atomic E-state index is 12.1. The highest BCUT2D eigenvalue weighted by Gasteiger charge is 2.16. The third kappa shape index (κ3) is 7.63. The van der Waals surface area contributed by atoms with E-state index in [1.54, 1.807) is 13.2 Å². The Kier molecular flexibility index (Phi) is 8.59. The molecule has 4 aromatic rings. The summed E-state index contributed by atoms with van der Waals surface area (Å²) in [4.78, 5) is 24.2. The molecule has 0 radical (unpaired) electrons. The summed E-state index contributed by atoms with van der Waals surface area (Å²) in [7, 11) is 0. The van der Waals surface area contributed by atoms with Gasteiger partial charge in [0.25, 0.3) is 0 Å². The number of carbonyl (C=O) groups is 2. The lowest BCUT2D eigenvalue weighted by Crippen LogP contribution is -2.32. The van der Waals surface area contributed by atoms with Crippen molar-refractivity contribution >= 4 is 23.0 Å². The number of fused-ring (bicyclic) bond motifs is 1. The molecule has 1 aromatic heterocycles. The summed E-state index contributed by atoms with van der Waals surface area (Å²) in [6.45, 7) is 10.3. The first-order valence-electron chi connectivity index (χ1n) is 13.1. The van der Waals surface area contributed by atoms with Crippen LogP contribution in [0.2, 0.25) is 0 Å². The Balaban J connectivity index is 1.55. The van der Waals surface area contributed by atoms with Gasteiger partial charge in [0.05, 0.1) is 19.3 Å². The van der Waals surface area contributed by atoms with Gasteiger partial charge in [0.15, 0.2) is 0 Å². The number of hydrogen-bond donors (Lipinski definition) is 1. The van der Waals surface area contributed by atoms with E-state index in [2.05, 4.69) is 5.32 Å². The van der Waals surface area contributed by atoms with Gasteiger partial charge in [0.2, 0.25) is 0 Å². The molecule has 4 rings (SSSR count). The average Bonchev–Trinajstić information content (AvgIpc) is 3.35. The van der Waals surface area contributed by atoms with Crippen molar-refractivity contribution in [2.45, 2.75) is 59.8 Å². The second kappa shape index (κ2) is 12.1. The van der Waals surface area contributed by atoms with E-state index in [0.717, 1.165) is 44.3 Å². The Morgan fingerprint density at radius 2 is 1.79 bits per heavy atom. The van der Waals surface area contributed by atoms with Crippen LogP contribution in [-0.4, -0.2) is 24.3 Å². The van der Waals surface area contributed by atoms with E-state index in [1.807, 2.05) is 88.4 Å². The molecule has 0 atom stereocenters. The standard InChI is InChI=1S/C32H35NO6/c1-6-36-29(34)18-25-11-10-21(2)14-28(25)38-20-23-16-26-12-13-37-30(26)27(17-23)24-9-7-8-22(15-24)19-33-31(35)39-32(3,4)5/h7-17H,6,18-20H2,1-5H3,(H,33,35). The Morgan fingerprint density at radius 1 is 0.974 bits per heavy atom. The minimum Gasteiger partial charge on any atom is -0.489 e. The van der Waals surface area contributed by atoms with Crippen molar-refractivity contribution in [2.75, 3.05) is 6.61 Å². The molecule has 0 aliphatic heterocycles. The van der Waals surface area contributed by atoms with Gasteiger partial charge in [-0.15, -0.1) is 0 Å². The molecule has 0 spiro atoms. The highest BCUT2D eigenvalue weighted by molar-refractivity contribution is 5.93. The van der Waals surface area contributed by atoms with E-state index in [9.17, 15) is 9.59 Å². The van der Waals surface area contributed by atoms with Crippen LogP contribution >= 0.6 is 0 Å². The van der Waals surface area contributed by atoms with Gasteiger partial charge < -0.3 is 23.9 Å². The zero-order valence-corrected chi connectivity index (χ0v) is 23.1. The van der Waals surface area contributed by atoms with Crippen LogP contribution < -0.4 is 10.1 Å². The summed E-state index contributed by atoms with van der Waals surface area (Å²) in [5.41, 5.74) is 5.81. The lowest BCUT2D eigenvalue weighted by atomic mass is 9.99. The first kappa shape index (κ1) is 27.8. The minimum absolute atomic E-state index is 0.152. The number of benzene rings is 3. The first-order chi connectivity index (χ1) is 18.6. The second-order valence-corrected chi connectivity index (χ2v) is 10.4. The van der Waals surface area contributed by atoms with Gasteiger partial charge in [-0.25, -0.2) is 4.79 Å². The number of carbonyl (C=O) groups excluding carboxylic acids is 2. The fourth-order valence-corrected chi connectivity index (χ4v) is 4.25. The molecular weight excluding hydrogens is 494 g/mol. The van der Waals surface area contributed by atoms with Crippen LogP contribution in [0.15, 0.2) is 71.3 Å². The van der Waals surface area contributed by atoms with E-state index in [-0.39, 0.29) is 12.4 Å². The summed E-state index contributed by atoms with van der Waals surface area (Å²) in [5.74, 6) is 0.376. The lowest BCUT2D eigenvalue weighted by Gasteiger charge is -2.19. The van der Waals surface area contributed by atoms with Crippen LogP contribution in [0.25, 0.3) is 22.1 Å². The van der Waals surface area contributed by atoms with Crippen molar-refractivity contribution in [1.82, 2.24) is 5.32 Å². The number of aryl methyl sites for hydroxylation is 1. The van der Waals surface area contributed by atoms with Gasteiger partial charge in [-0.2, -0.15) is 0 Å². The predicted octanol–water partition coefficient (Wildman–Crippen LogP) is 7.12. The lowest BCUT2D eigenvalue weighted by molar-refractivity contribution is -0.142. The number of alkyl carbamates (subject to hydrolysis) is 1. The molecule has 0 saturated carbocycles. The van der Waals surface area contributed by atoms with Crippen LogP contribution in [0.5, 0.6) is 5.75 Å². The number of furan rings is 1. The first-order valence-corrected chi connectivity index (χ1v) is 13.1. The Labute approximate surface area is 229 Å². The van der Waals surface area contributed by atoms with E-state index in [4.69, 9.17) is 18.6 Å². The number of rotatable bonds is 9. The minimum atomic E-state index is -0.558. The monoisotopic (exact) mass is 529 g/mol. The van der Waals surface area contributed by atoms with Gasteiger partial charge in [-0.1, -0.05) is 30.3 Å². The van der Waals surface area contributed by atoms with Crippen LogP contribution in [0.4, 0.5) is 4.79 Å². The molecule has 0 bridgehead atoms. The summed E-state index contributed by atoms with van der Waals surface area (Å²) in [5, 5.41) is 3.77. The maximum atomic E-state index is 12.1. The number of esters is 1. The van der Waals surface area contributed by atoms with Gasteiger partial charge in [-0.3, -0.25) is 4.79 Å². The largest absolute Gasteiger partial charge is 0.489 e. The van der Waals surface area contributed by atoms with Crippen LogP contribution in [-0.2, 0) is 33.8 Å². The Bertz CT molecular complexity index is 1460. The van der Waals surface area contributed by atoms with Crippen molar-refractivity contribution in [1.29, 1.82) is 0 Å². The molecule has 204 valence electrons. The van der Waals surface area contributed by atoms with Crippen molar-refractivity contribution in [3.05, 3.63) is 89.2 Å². The summed E-state index contributed by atoms with van der Waals surface area (Å²) in [6, 6.07) is 19.8. The normalized spacial score (nSPS) is 11.3. The number of nitrogens with one attached hydrogen (secondary N) is 1. The molecule has 1 heterocycles. The third-order valence-electron chi connectivity index (χ3n) is 5.94. The third-order valence-corrected chi connectivity index (χ3v) is 5.94. The number of ether oxygens (including phenoxy) is 3.